The van der Waals surface area contributed by atoms with Gasteiger partial charge in [0.05, 0.1) is 5.69 Å². The lowest BCUT2D eigenvalue weighted by Gasteiger charge is -2.00. The van der Waals surface area contributed by atoms with Crippen molar-refractivity contribution in [3.63, 3.8) is 0 Å². The first-order valence-electron chi connectivity index (χ1n) is 5.69. The molecule has 1 amide bonds. The maximum Gasteiger partial charge on any atom is 0.263 e. The fraction of sp³-hybridized carbons (Fsp3) is 0.167. The monoisotopic (exact) mass is 273 g/mol. The highest BCUT2D eigenvalue weighted by molar-refractivity contribution is 7.15. The zero-order valence-electron chi connectivity index (χ0n) is 10.4. The summed E-state index contributed by atoms with van der Waals surface area (Å²) in [5, 5.41) is 7.61. The van der Waals surface area contributed by atoms with Gasteiger partial charge in [0.2, 0.25) is 0 Å². The first kappa shape index (κ1) is 11.8. The van der Waals surface area contributed by atoms with Gasteiger partial charge in [-0.05, 0) is 19.9 Å². The predicted octanol–water partition coefficient (Wildman–Crippen LogP) is 2.05. The summed E-state index contributed by atoms with van der Waals surface area (Å²) in [5.74, 6) is -0.236. The summed E-state index contributed by atoms with van der Waals surface area (Å²) >= 11 is 1.43. The van der Waals surface area contributed by atoms with Crippen molar-refractivity contribution in [2.24, 2.45) is 0 Å². The zero-order valence-corrected chi connectivity index (χ0v) is 11.2. The molecule has 3 heterocycles. The molecule has 3 aromatic rings. The number of rotatable bonds is 2. The molecular weight excluding hydrogens is 262 g/mol. The topological polar surface area (TPSA) is 72.2 Å². The summed E-state index contributed by atoms with van der Waals surface area (Å²) in [6.45, 7) is 3.73. The minimum atomic E-state index is -0.236. The van der Waals surface area contributed by atoms with Crippen LogP contribution in [-0.2, 0) is 0 Å². The van der Waals surface area contributed by atoms with Crippen LogP contribution in [0.4, 0.5) is 5.13 Å². The van der Waals surface area contributed by atoms with Crippen LogP contribution in [0.3, 0.4) is 0 Å². The lowest BCUT2D eigenvalue weighted by atomic mass is 10.2. The van der Waals surface area contributed by atoms with Crippen LogP contribution < -0.4 is 5.32 Å². The fourth-order valence-corrected chi connectivity index (χ4v) is 2.49. The van der Waals surface area contributed by atoms with Crippen LogP contribution in [0.5, 0.6) is 0 Å². The summed E-state index contributed by atoms with van der Waals surface area (Å²) < 4.78 is 1.59. The van der Waals surface area contributed by atoms with E-state index in [1.807, 2.05) is 6.92 Å². The number of hydrogen-bond acceptors (Lipinski definition) is 5. The Bertz CT molecular complexity index is 760. The van der Waals surface area contributed by atoms with Gasteiger partial charge in [0.25, 0.3) is 5.91 Å². The molecule has 0 saturated heterocycles. The Hall–Kier alpha value is -2.28. The lowest BCUT2D eigenvalue weighted by Crippen LogP contribution is -2.13. The molecule has 6 nitrogen and oxygen atoms in total. The van der Waals surface area contributed by atoms with Gasteiger partial charge in [-0.1, -0.05) is 0 Å². The molecule has 0 aliphatic heterocycles. The predicted molar refractivity (Wildman–Crippen MR) is 72.5 cm³/mol. The van der Waals surface area contributed by atoms with Crippen LogP contribution in [0.1, 0.15) is 20.9 Å². The highest BCUT2D eigenvalue weighted by Gasteiger charge is 2.18. The third-order valence-corrected chi connectivity index (χ3v) is 3.47. The minimum absolute atomic E-state index is 0.236. The number of amides is 1. The van der Waals surface area contributed by atoms with Gasteiger partial charge < -0.3 is 0 Å². The van der Waals surface area contributed by atoms with E-state index in [1.165, 1.54) is 11.3 Å². The number of carbonyl (C=O) groups excluding carboxylic acids is 1. The van der Waals surface area contributed by atoms with Crippen LogP contribution in [-0.4, -0.2) is 25.5 Å². The number of nitrogens with one attached hydrogen (secondary N) is 1. The molecule has 0 radical (unpaired) electrons. The Morgan fingerprint density at radius 1 is 1.37 bits per heavy atom. The van der Waals surface area contributed by atoms with Gasteiger partial charge in [-0.2, -0.15) is 5.10 Å². The average Bonchev–Trinajstić information content (AvgIpc) is 2.91. The molecule has 0 unspecified atom stereocenters. The summed E-state index contributed by atoms with van der Waals surface area (Å²) in [6.07, 6.45) is 5.13. The molecule has 7 heteroatoms. The van der Waals surface area contributed by atoms with E-state index in [9.17, 15) is 4.79 Å². The van der Waals surface area contributed by atoms with Crippen molar-refractivity contribution in [3.8, 4) is 0 Å². The quantitative estimate of drug-likeness (QED) is 0.775. The van der Waals surface area contributed by atoms with Crippen molar-refractivity contribution in [1.82, 2.24) is 19.6 Å². The Balaban J connectivity index is 1.99. The van der Waals surface area contributed by atoms with Crippen LogP contribution in [0.2, 0.25) is 0 Å². The van der Waals surface area contributed by atoms with E-state index >= 15 is 0 Å². The highest BCUT2D eigenvalue weighted by atomic mass is 32.1. The number of thiazole rings is 1. The Labute approximate surface area is 113 Å². The largest absolute Gasteiger partial charge is 0.298 e. The number of hydrogen-bond donors (Lipinski definition) is 1. The molecule has 0 saturated carbocycles. The van der Waals surface area contributed by atoms with E-state index in [-0.39, 0.29) is 5.91 Å². The molecule has 96 valence electrons. The van der Waals surface area contributed by atoms with Crippen molar-refractivity contribution in [2.45, 2.75) is 13.8 Å². The van der Waals surface area contributed by atoms with Gasteiger partial charge in [-0.25, -0.2) is 14.5 Å². The van der Waals surface area contributed by atoms with E-state index in [1.54, 1.807) is 36.1 Å². The van der Waals surface area contributed by atoms with Crippen LogP contribution >= 0.6 is 11.3 Å². The molecule has 19 heavy (non-hydrogen) atoms. The second kappa shape index (κ2) is 4.43. The third-order valence-electron chi connectivity index (χ3n) is 2.64. The van der Waals surface area contributed by atoms with Gasteiger partial charge in [0.1, 0.15) is 5.56 Å². The third kappa shape index (κ3) is 2.08. The number of carbonyl (C=O) groups is 1. The van der Waals surface area contributed by atoms with E-state index in [0.29, 0.717) is 22.0 Å². The van der Waals surface area contributed by atoms with Crippen molar-refractivity contribution in [2.75, 3.05) is 5.32 Å². The molecule has 0 aliphatic rings. The van der Waals surface area contributed by atoms with Gasteiger partial charge in [-0.15, -0.1) is 11.3 Å². The smallest absolute Gasteiger partial charge is 0.263 e. The lowest BCUT2D eigenvalue weighted by molar-refractivity contribution is 0.102. The van der Waals surface area contributed by atoms with Crippen molar-refractivity contribution < 1.29 is 4.79 Å². The van der Waals surface area contributed by atoms with Crippen molar-refractivity contribution in [3.05, 3.63) is 40.8 Å². The molecule has 0 bridgehead atoms. The summed E-state index contributed by atoms with van der Waals surface area (Å²) in [6, 6.07) is 1.77. The van der Waals surface area contributed by atoms with E-state index in [4.69, 9.17) is 0 Å². The fourth-order valence-electron chi connectivity index (χ4n) is 1.83. The minimum Gasteiger partial charge on any atom is -0.298 e. The molecule has 0 atom stereocenters. The standard InChI is InChI=1S/C12H11N5OS/c1-7-6-14-12(19-7)15-11(18)9-8(2)16-17-5-3-4-13-10(9)17/h3-6H,1-2H3,(H,14,15,18). The number of nitrogens with zero attached hydrogens (tertiary/aromatic N) is 4. The van der Waals surface area contributed by atoms with Crippen LogP contribution in [0.25, 0.3) is 5.65 Å². The Kier molecular flexibility index (Phi) is 2.75. The number of aromatic nitrogens is 4. The first-order chi connectivity index (χ1) is 9.15. The van der Waals surface area contributed by atoms with Gasteiger partial charge in [-0.3, -0.25) is 10.1 Å². The van der Waals surface area contributed by atoms with E-state index in [0.717, 1.165) is 4.88 Å². The van der Waals surface area contributed by atoms with Crippen LogP contribution in [0.15, 0.2) is 24.7 Å². The van der Waals surface area contributed by atoms with E-state index < -0.39 is 0 Å². The summed E-state index contributed by atoms with van der Waals surface area (Å²) in [7, 11) is 0. The van der Waals surface area contributed by atoms with Gasteiger partial charge >= 0.3 is 0 Å². The molecule has 3 aromatic heterocycles. The molecule has 0 fully saturated rings. The van der Waals surface area contributed by atoms with Crippen molar-refractivity contribution >= 4 is 28.0 Å². The molecule has 3 rings (SSSR count). The molecular formula is C12H11N5OS. The number of aryl methyl sites for hydroxylation is 2. The average molecular weight is 273 g/mol. The maximum atomic E-state index is 12.3. The summed E-state index contributed by atoms with van der Waals surface area (Å²) in [4.78, 5) is 21.6. The maximum absolute atomic E-state index is 12.3. The number of fused-ring (bicyclic) bond motifs is 1. The Morgan fingerprint density at radius 2 is 2.21 bits per heavy atom. The second-order valence-electron chi connectivity index (χ2n) is 4.08. The second-order valence-corrected chi connectivity index (χ2v) is 5.31. The highest BCUT2D eigenvalue weighted by Crippen LogP contribution is 2.19. The molecule has 0 aromatic carbocycles. The van der Waals surface area contributed by atoms with E-state index in [2.05, 4.69) is 20.4 Å². The summed E-state index contributed by atoms with van der Waals surface area (Å²) in [5.41, 5.74) is 1.67. The zero-order chi connectivity index (χ0) is 13.4. The number of anilines is 1. The molecule has 1 N–H and O–H groups in total. The van der Waals surface area contributed by atoms with Crippen molar-refractivity contribution in [1.29, 1.82) is 0 Å². The normalized spacial score (nSPS) is 10.8. The van der Waals surface area contributed by atoms with Crippen LogP contribution in [0, 0.1) is 13.8 Å². The SMILES string of the molecule is Cc1cnc(NC(=O)c2c(C)nn3cccnc23)s1. The van der Waals surface area contributed by atoms with Gasteiger partial charge in [0, 0.05) is 23.5 Å². The molecule has 0 spiro atoms. The Morgan fingerprint density at radius 3 is 2.95 bits per heavy atom. The molecule has 0 aliphatic carbocycles. The first-order valence-corrected chi connectivity index (χ1v) is 6.50. The van der Waals surface area contributed by atoms with Gasteiger partial charge in [0.15, 0.2) is 10.8 Å².